The molecule has 6 nitrogen and oxygen atoms in total. The van der Waals surface area contributed by atoms with Crippen molar-refractivity contribution in [3.63, 3.8) is 0 Å². The summed E-state index contributed by atoms with van der Waals surface area (Å²) in [5.41, 5.74) is 3.61. The van der Waals surface area contributed by atoms with Crippen molar-refractivity contribution >= 4 is 22.9 Å². The molecule has 0 radical (unpaired) electrons. The highest BCUT2D eigenvalue weighted by Gasteiger charge is 2.27. The number of carbonyl (C=O) groups is 1. The van der Waals surface area contributed by atoms with Gasteiger partial charge >= 0.3 is 0 Å². The van der Waals surface area contributed by atoms with Gasteiger partial charge in [-0.05, 0) is 23.3 Å². The average Bonchev–Trinajstić information content (AvgIpc) is 3.23. The van der Waals surface area contributed by atoms with E-state index in [9.17, 15) is 4.79 Å². The van der Waals surface area contributed by atoms with Gasteiger partial charge in [-0.3, -0.25) is 4.98 Å². The summed E-state index contributed by atoms with van der Waals surface area (Å²) in [6.45, 7) is 0. The maximum atomic E-state index is 12.4. The van der Waals surface area contributed by atoms with Crippen LogP contribution in [0.1, 0.15) is 23.1 Å². The first-order valence-corrected chi connectivity index (χ1v) is 9.64. The van der Waals surface area contributed by atoms with E-state index in [-0.39, 0.29) is 6.04 Å². The molecular weight excluding hydrogens is 378 g/mol. The van der Waals surface area contributed by atoms with E-state index in [0.717, 1.165) is 34.0 Å². The van der Waals surface area contributed by atoms with E-state index in [1.54, 1.807) is 32.7 Å². The molecule has 0 aliphatic carbocycles. The first-order valence-electron chi connectivity index (χ1n) is 9.64. The Balaban J connectivity index is 1.79. The van der Waals surface area contributed by atoms with Crippen molar-refractivity contribution in [3.05, 3.63) is 84.3 Å². The van der Waals surface area contributed by atoms with Crippen molar-refractivity contribution in [2.45, 2.75) is 12.0 Å². The highest BCUT2D eigenvalue weighted by atomic mass is 16.5. The van der Waals surface area contributed by atoms with Gasteiger partial charge in [0.1, 0.15) is 17.8 Å². The van der Waals surface area contributed by atoms with Gasteiger partial charge in [0.15, 0.2) is 0 Å². The van der Waals surface area contributed by atoms with E-state index >= 15 is 0 Å². The zero-order valence-corrected chi connectivity index (χ0v) is 16.8. The number of nitrogens with one attached hydrogen (secondary N) is 2. The van der Waals surface area contributed by atoms with E-state index in [1.165, 1.54) is 0 Å². The van der Waals surface area contributed by atoms with Crippen LogP contribution in [0.25, 0.3) is 10.9 Å². The van der Waals surface area contributed by atoms with Crippen LogP contribution in [-0.2, 0) is 4.79 Å². The number of aldehydes is 1. The summed E-state index contributed by atoms with van der Waals surface area (Å²) < 4.78 is 10.8. The lowest BCUT2D eigenvalue weighted by Gasteiger charge is -2.26. The Morgan fingerprint density at radius 1 is 1.03 bits per heavy atom. The van der Waals surface area contributed by atoms with Crippen LogP contribution in [0, 0.1) is 0 Å². The summed E-state index contributed by atoms with van der Waals surface area (Å²) >= 11 is 0. The third-order valence-corrected chi connectivity index (χ3v) is 5.20. The molecule has 0 aliphatic rings. The molecule has 0 fully saturated rings. The summed E-state index contributed by atoms with van der Waals surface area (Å²) in [5, 5.41) is 4.53. The van der Waals surface area contributed by atoms with Gasteiger partial charge in [0, 0.05) is 53.4 Å². The van der Waals surface area contributed by atoms with Gasteiger partial charge in [-0.1, -0.05) is 24.3 Å². The summed E-state index contributed by atoms with van der Waals surface area (Å²) in [7, 11) is 3.22. The lowest BCUT2D eigenvalue weighted by atomic mass is 9.88. The number of ether oxygens (including phenoxy) is 2. The lowest BCUT2D eigenvalue weighted by Crippen LogP contribution is -2.21. The predicted molar refractivity (Wildman–Crippen MR) is 117 cm³/mol. The number of methoxy groups -OCH3 is 2. The zero-order valence-electron chi connectivity index (χ0n) is 16.8. The van der Waals surface area contributed by atoms with E-state index in [4.69, 9.17) is 9.47 Å². The lowest BCUT2D eigenvalue weighted by molar-refractivity contribution is -0.109. The van der Waals surface area contributed by atoms with Gasteiger partial charge in [-0.2, -0.15) is 0 Å². The molecule has 0 amide bonds. The van der Waals surface area contributed by atoms with Gasteiger partial charge in [-0.15, -0.1) is 0 Å². The van der Waals surface area contributed by atoms with Crippen molar-refractivity contribution in [2.75, 3.05) is 19.5 Å². The molecule has 4 aromatic rings. The Labute approximate surface area is 174 Å². The van der Waals surface area contributed by atoms with Crippen LogP contribution < -0.4 is 14.8 Å². The van der Waals surface area contributed by atoms with Gasteiger partial charge in [0.25, 0.3) is 0 Å². The third-order valence-electron chi connectivity index (χ3n) is 5.20. The minimum atomic E-state index is -0.442. The van der Waals surface area contributed by atoms with Crippen molar-refractivity contribution < 1.29 is 14.3 Å². The van der Waals surface area contributed by atoms with Gasteiger partial charge < -0.3 is 24.6 Å². The SMILES string of the molecule is COc1cc(NC(c2cccnc2)C(C=O)c2c[nH]c3ccccc23)cc(OC)c1. The number of aromatic amines is 1. The number of carbonyl (C=O) groups excluding carboxylic acids is 1. The number of hydrogen-bond acceptors (Lipinski definition) is 5. The maximum absolute atomic E-state index is 12.4. The number of benzene rings is 2. The van der Waals surface area contributed by atoms with E-state index in [1.807, 2.05) is 54.7 Å². The van der Waals surface area contributed by atoms with Crippen LogP contribution in [0.15, 0.2) is 73.2 Å². The number of H-pyrrole nitrogens is 1. The molecule has 2 heterocycles. The Bertz CT molecular complexity index is 1120. The number of aromatic nitrogens is 2. The average molecular weight is 401 g/mol. The fourth-order valence-electron chi connectivity index (χ4n) is 3.71. The number of pyridine rings is 1. The number of nitrogens with zero attached hydrogens (tertiary/aromatic N) is 1. The van der Waals surface area contributed by atoms with Crippen molar-refractivity contribution in [3.8, 4) is 11.5 Å². The number of para-hydroxylation sites is 1. The number of anilines is 1. The van der Waals surface area contributed by atoms with E-state index < -0.39 is 5.92 Å². The second kappa shape index (κ2) is 8.69. The zero-order chi connectivity index (χ0) is 20.9. The molecule has 0 spiro atoms. The van der Waals surface area contributed by atoms with Crippen molar-refractivity contribution in [1.82, 2.24) is 9.97 Å². The summed E-state index contributed by atoms with van der Waals surface area (Å²) in [4.78, 5) is 19.9. The smallest absolute Gasteiger partial charge is 0.129 e. The van der Waals surface area contributed by atoms with Crippen LogP contribution in [0.4, 0.5) is 5.69 Å². The van der Waals surface area contributed by atoms with E-state index in [2.05, 4.69) is 15.3 Å². The molecule has 2 unspecified atom stereocenters. The maximum Gasteiger partial charge on any atom is 0.129 e. The molecule has 0 bridgehead atoms. The monoisotopic (exact) mass is 401 g/mol. The fourth-order valence-corrected chi connectivity index (χ4v) is 3.71. The van der Waals surface area contributed by atoms with Crippen LogP contribution in [0.5, 0.6) is 11.5 Å². The number of fused-ring (bicyclic) bond motifs is 1. The first-order chi connectivity index (χ1) is 14.7. The highest BCUT2D eigenvalue weighted by molar-refractivity contribution is 5.87. The quantitative estimate of drug-likeness (QED) is 0.418. The Morgan fingerprint density at radius 2 is 1.80 bits per heavy atom. The van der Waals surface area contributed by atoms with Crippen molar-refractivity contribution in [1.29, 1.82) is 0 Å². The topological polar surface area (TPSA) is 76.2 Å². The normalized spacial score (nSPS) is 12.9. The highest BCUT2D eigenvalue weighted by Crippen LogP contribution is 2.37. The van der Waals surface area contributed by atoms with Crippen LogP contribution in [0.3, 0.4) is 0 Å². The standard InChI is InChI=1S/C24H23N3O3/c1-29-18-10-17(11-19(12-18)30-2)27-24(16-6-5-9-25-13-16)22(15-28)21-14-26-23-8-4-3-7-20(21)23/h3-15,22,24,26-27H,1-2H3. The Hall–Kier alpha value is -3.80. The van der Waals surface area contributed by atoms with E-state index in [0.29, 0.717) is 11.5 Å². The third kappa shape index (κ3) is 3.85. The number of rotatable bonds is 8. The molecule has 2 aromatic carbocycles. The summed E-state index contributed by atoms with van der Waals surface area (Å²) in [6.07, 6.45) is 6.38. The van der Waals surface area contributed by atoms with Crippen LogP contribution in [-0.4, -0.2) is 30.5 Å². The minimum absolute atomic E-state index is 0.341. The predicted octanol–water partition coefficient (Wildman–Crippen LogP) is 4.72. The number of hydrogen-bond donors (Lipinski definition) is 2. The molecule has 2 N–H and O–H groups in total. The second-order valence-electron chi connectivity index (χ2n) is 6.96. The Morgan fingerprint density at radius 3 is 2.47 bits per heavy atom. The molecule has 6 heteroatoms. The molecule has 152 valence electrons. The first kappa shape index (κ1) is 19.5. The van der Waals surface area contributed by atoms with Crippen molar-refractivity contribution in [2.24, 2.45) is 0 Å². The molecule has 2 aromatic heterocycles. The molecule has 4 rings (SSSR count). The molecule has 30 heavy (non-hydrogen) atoms. The molecule has 2 atom stereocenters. The van der Waals surface area contributed by atoms with Crippen LogP contribution >= 0.6 is 0 Å². The summed E-state index contributed by atoms with van der Waals surface area (Å²) in [6, 6.07) is 17.0. The van der Waals surface area contributed by atoms with Gasteiger partial charge in [0.05, 0.1) is 26.2 Å². The Kier molecular flexibility index (Phi) is 5.66. The minimum Gasteiger partial charge on any atom is -0.497 e. The van der Waals surface area contributed by atoms with Gasteiger partial charge in [0.2, 0.25) is 0 Å². The fraction of sp³-hybridized carbons (Fsp3) is 0.167. The summed E-state index contributed by atoms with van der Waals surface area (Å²) in [5.74, 6) is 0.885. The second-order valence-corrected chi connectivity index (χ2v) is 6.96. The van der Waals surface area contributed by atoms with Crippen LogP contribution in [0.2, 0.25) is 0 Å². The van der Waals surface area contributed by atoms with Gasteiger partial charge in [-0.25, -0.2) is 0 Å². The molecule has 0 saturated carbocycles. The largest absolute Gasteiger partial charge is 0.497 e. The molecular formula is C24H23N3O3. The molecule has 0 aliphatic heterocycles. The molecule has 0 saturated heterocycles.